The van der Waals surface area contributed by atoms with Crippen LogP contribution in [-0.2, 0) is 77.4 Å². The second-order valence-corrected chi connectivity index (χ2v) is 20.7. The van der Waals surface area contributed by atoms with Gasteiger partial charge < -0.3 is 35.6 Å². The summed E-state index contributed by atoms with van der Waals surface area (Å²) in [6.07, 6.45) is 0. The van der Waals surface area contributed by atoms with E-state index in [1.165, 1.54) is 0 Å². The van der Waals surface area contributed by atoms with Crippen molar-refractivity contribution in [2.75, 3.05) is 36.2 Å². The third kappa shape index (κ3) is 23.3. The van der Waals surface area contributed by atoms with Crippen molar-refractivity contribution in [2.24, 2.45) is 30.7 Å². The summed E-state index contributed by atoms with van der Waals surface area (Å²) >= 11 is 0.290. The second-order valence-electron chi connectivity index (χ2n) is 11.5. The first-order chi connectivity index (χ1) is 29.9. The number of rotatable bonds is 23. The van der Waals surface area contributed by atoms with Crippen molar-refractivity contribution in [3.05, 3.63) is 66.7 Å². The summed E-state index contributed by atoms with van der Waals surface area (Å²) in [6.45, 7) is -1.57. The smallest absolute Gasteiger partial charge is 0.744 e. The van der Waals surface area contributed by atoms with E-state index in [0.717, 1.165) is 60.7 Å². The van der Waals surface area contributed by atoms with Crippen LogP contribution in [0.15, 0.2) is 122 Å². The Kier molecular flexibility index (Phi) is 35.6. The minimum Gasteiger partial charge on any atom is -0.744 e. The Morgan fingerprint density at radius 2 is 1.03 bits per heavy atom. The molecule has 0 fully saturated rings. The summed E-state index contributed by atoms with van der Waals surface area (Å²) in [5.41, 5.74) is 8.67. The Morgan fingerprint density at radius 3 is 1.56 bits per heavy atom. The van der Waals surface area contributed by atoms with Crippen molar-refractivity contribution >= 4 is 120 Å². The predicted molar refractivity (Wildman–Crippen MR) is 213 cm³/mol. The third-order valence-corrected chi connectivity index (χ3v) is 13.9. The summed E-state index contributed by atoms with van der Waals surface area (Å²) < 4.78 is 172. The standard InChI is InChI=1S/C28H28N8O21S7.CH4.5Na/c29-26-22(34-32-20-7-6-19(14-25(20)63(46,47)48)61(41,42)11-9-52-59-57-55-38)15-23(35-33-21-13-17(58-56-54-37)3-8-24(21)62(43,44)45)27(30)28(26)36-31-16-1-4-18(5-2-16)60(39,40)12-10-53-64(49,50)51;;;;;;/h1-8,13-15,37-38H,9-12,29-30H2,(H,43,44,45)(H,46,47,48)(H,49,50,51);1H4;;;;;/q;;5*+1/p-5. The fourth-order valence-corrected chi connectivity index (χ4v) is 9.15. The minimum absolute atomic E-state index is 0. The van der Waals surface area contributed by atoms with E-state index in [-0.39, 0.29) is 195 Å². The van der Waals surface area contributed by atoms with Crippen molar-refractivity contribution in [1.29, 1.82) is 0 Å². The Labute approximate surface area is 519 Å². The van der Waals surface area contributed by atoms with Crippen LogP contribution < -0.4 is 170 Å². The summed E-state index contributed by atoms with van der Waals surface area (Å²) in [7, 11) is -24.4. The van der Waals surface area contributed by atoms with Crippen molar-refractivity contribution in [3.8, 4) is 0 Å². The van der Waals surface area contributed by atoms with Crippen molar-refractivity contribution in [2.45, 2.75) is 31.9 Å². The van der Waals surface area contributed by atoms with Gasteiger partial charge in [-0.05, 0) is 66.7 Å². The van der Waals surface area contributed by atoms with E-state index in [4.69, 9.17) is 11.5 Å². The molecule has 4 aromatic rings. The zero-order valence-corrected chi connectivity index (χ0v) is 51.7. The molecule has 0 unspecified atom stereocenters. The van der Waals surface area contributed by atoms with Crippen LogP contribution in [-0.4, -0.2) is 80.5 Å². The molecule has 70 heavy (non-hydrogen) atoms. The predicted octanol–water partition coefficient (Wildman–Crippen LogP) is -12.4. The summed E-state index contributed by atoms with van der Waals surface area (Å²) in [4.78, 5) is -3.17. The van der Waals surface area contributed by atoms with Crippen molar-refractivity contribution < 1.29 is 241 Å². The molecular weight excluding hydrogens is 1140 g/mol. The van der Waals surface area contributed by atoms with Gasteiger partial charge in [0.1, 0.15) is 48.7 Å². The van der Waals surface area contributed by atoms with Gasteiger partial charge in [-0.1, -0.05) is 7.43 Å². The molecule has 4 rings (SSSR count). The number of nitrogens with zero attached hydrogens (tertiary/aromatic N) is 6. The molecule has 0 saturated heterocycles. The number of sulfone groups is 2. The number of hydrogen-bond donors (Lipinski definition) is 2. The van der Waals surface area contributed by atoms with Crippen LogP contribution in [0.3, 0.4) is 0 Å². The van der Waals surface area contributed by atoms with E-state index >= 15 is 0 Å². The second kappa shape index (κ2) is 33.4. The van der Waals surface area contributed by atoms with Gasteiger partial charge in [0, 0.05) is 4.90 Å². The molecule has 0 aliphatic heterocycles. The molecule has 41 heteroatoms. The van der Waals surface area contributed by atoms with Crippen LogP contribution in [0.2, 0.25) is 0 Å². The normalized spacial score (nSPS) is 12.0. The fraction of sp³-hybridized carbons (Fsp3) is 0.172. The molecule has 0 atom stereocenters. The summed E-state index contributed by atoms with van der Waals surface area (Å²) in [5.74, 6) is -1.70. The average molecular weight is 1160 g/mol. The molecule has 4 N–H and O–H groups in total. The Bertz CT molecular complexity index is 3040. The van der Waals surface area contributed by atoms with E-state index in [1.54, 1.807) is 0 Å². The Morgan fingerprint density at radius 1 is 0.529 bits per heavy atom. The third-order valence-electron chi connectivity index (χ3n) is 7.36. The van der Waals surface area contributed by atoms with Crippen LogP contribution in [0.1, 0.15) is 7.43 Å². The minimum atomic E-state index is -5.50. The van der Waals surface area contributed by atoms with Gasteiger partial charge in [0.2, 0.25) is 10.4 Å². The Balaban J connectivity index is -0.00000748. The van der Waals surface area contributed by atoms with Crippen LogP contribution in [0.5, 0.6) is 0 Å². The fourth-order valence-electron chi connectivity index (χ4n) is 4.54. The number of benzene rings is 4. The molecule has 0 aliphatic carbocycles. The molecule has 0 radical (unpaired) electrons. The van der Waals surface area contributed by atoms with Gasteiger partial charge in [-0.2, -0.15) is 9.45 Å². The molecule has 0 heterocycles. The monoisotopic (exact) mass is 1160 g/mol. The first-order valence-corrected chi connectivity index (χ1v) is 24.9. The van der Waals surface area contributed by atoms with Gasteiger partial charge >= 0.3 is 148 Å². The summed E-state index contributed by atoms with van der Waals surface area (Å²) in [5, 5.41) is 49.5. The van der Waals surface area contributed by atoms with Gasteiger partial charge in [-0.25, -0.2) is 42.1 Å². The molecule has 29 nitrogen and oxygen atoms in total. The Hall–Kier alpha value is 0.290. The largest absolute Gasteiger partial charge is 1.00 e. The topological polar surface area (TPSA) is 468 Å². The van der Waals surface area contributed by atoms with Crippen LogP contribution in [0.25, 0.3) is 0 Å². The van der Waals surface area contributed by atoms with Gasteiger partial charge in [0.25, 0.3) is 0 Å². The molecule has 0 saturated carbocycles. The number of hydrogen-bond acceptors (Lipinski definition) is 31. The molecule has 356 valence electrons. The van der Waals surface area contributed by atoms with E-state index in [2.05, 4.69) is 57.8 Å². The van der Waals surface area contributed by atoms with Crippen LogP contribution in [0.4, 0.5) is 45.5 Å². The zero-order chi connectivity index (χ0) is 47.5. The number of nitrogens with two attached hydrogens (primary N) is 2. The maximum absolute atomic E-state index is 12.8. The van der Waals surface area contributed by atoms with Gasteiger partial charge in [0.05, 0.1) is 73.4 Å². The van der Waals surface area contributed by atoms with E-state index in [9.17, 15) is 66.3 Å². The quantitative estimate of drug-likeness (QED) is 0.00801. The molecular formula is C29H27N8Na5O21S7. The first-order valence-electron chi connectivity index (χ1n) is 16.1. The SMILES string of the molecule is C.Nc1c(N=Nc2cc(SOO[O-])ccc2S(=O)(=O)[O-])cc(N=Nc2ccc(S(=O)(=O)CCOSOO[O-])cc2S(=O)(=O)[O-])c(N)c1N=Nc1ccc(S(=O)(=O)CCOS(=O)(=O)[O-])cc1.[Na+].[Na+].[Na+].[Na+].[Na+]. The maximum Gasteiger partial charge on any atom is 1.00 e. The average Bonchev–Trinajstić information content (AvgIpc) is 3.21. The van der Waals surface area contributed by atoms with Gasteiger partial charge in [-0.3, -0.25) is 18.4 Å². The van der Waals surface area contributed by atoms with Gasteiger partial charge in [0.15, 0.2) is 32.0 Å². The molecule has 0 aliphatic rings. The van der Waals surface area contributed by atoms with E-state index in [1.807, 2.05) is 0 Å². The molecule has 0 bridgehead atoms. The van der Waals surface area contributed by atoms with Crippen LogP contribution in [0, 0.1) is 0 Å². The number of nitrogen functional groups attached to an aromatic ring is 2. The number of anilines is 2. The van der Waals surface area contributed by atoms with Gasteiger partial charge in [-0.15, -0.1) is 29.9 Å². The van der Waals surface area contributed by atoms with Crippen molar-refractivity contribution in [1.82, 2.24) is 0 Å². The van der Waals surface area contributed by atoms with Crippen LogP contribution >= 0.6 is 24.4 Å². The summed E-state index contributed by atoms with van der Waals surface area (Å²) in [6, 6.07) is 10.1. The van der Waals surface area contributed by atoms with E-state index < -0.39 is 130 Å². The number of azo groups is 3. The maximum atomic E-state index is 12.8. The molecule has 0 spiro atoms. The zero-order valence-electron chi connectivity index (χ0n) is 35.9. The molecule has 0 aromatic heterocycles. The molecule has 4 aromatic carbocycles. The van der Waals surface area contributed by atoms with E-state index in [0.29, 0.717) is 6.07 Å². The van der Waals surface area contributed by atoms with Crippen molar-refractivity contribution in [3.63, 3.8) is 0 Å². The first kappa shape index (κ1) is 74.5. The molecule has 0 amide bonds.